The molecule has 0 bridgehead atoms. The van der Waals surface area contributed by atoms with Crippen LogP contribution in [0.25, 0.3) is 0 Å². The summed E-state index contributed by atoms with van der Waals surface area (Å²) in [6, 6.07) is 0.139. The van der Waals surface area contributed by atoms with Gasteiger partial charge in [0.2, 0.25) is 0 Å². The lowest BCUT2D eigenvalue weighted by Crippen LogP contribution is -2.29. The number of nitrogens with zero attached hydrogens (tertiary/aromatic N) is 2. The number of hydrogen-bond donors (Lipinski definition) is 2. The quantitative estimate of drug-likeness (QED) is 0.661. The monoisotopic (exact) mass is 169 g/mol. The second-order valence-electron chi connectivity index (χ2n) is 2.96. The first-order valence-electron chi connectivity index (χ1n) is 4.03. The van der Waals surface area contributed by atoms with Crippen molar-refractivity contribution in [2.75, 3.05) is 6.61 Å². The van der Waals surface area contributed by atoms with Crippen molar-refractivity contribution < 1.29 is 5.11 Å². The number of aromatic nitrogens is 2. The van der Waals surface area contributed by atoms with Gasteiger partial charge in [0.05, 0.1) is 18.6 Å². The fourth-order valence-electron chi connectivity index (χ4n) is 0.898. The van der Waals surface area contributed by atoms with E-state index < -0.39 is 0 Å². The summed E-state index contributed by atoms with van der Waals surface area (Å²) in [6.07, 6.45) is 3.58. The van der Waals surface area contributed by atoms with Crippen LogP contribution >= 0.6 is 0 Å². The summed E-state index contributed by atoms with van der Waals surface area (Å²) in [5, 5.41) is 11.9. The topological polar surface area (TPSA) is 50.1 Å². The molecule has 1 heterocycles. The second-order valence-corrected chi connectivity index (χ2v) is 2.96. The molecule has 1 aromatic heterocycles. The van der Waals surface area contributed by atoms with Crippen LogP contribution in [0.4, 0.5) is 0 Å². The van der Waals surface area contributed by atoms with Crippen LogP contribution in [0.5, 0.6) is 0 Å². The van der Waals surface area contributed by atoms with Crippen molar-refractivity contribution in [3.8, 4) is 0 Å². The van der Waals surface area contributed by atoms with Crippen molar-refractivity contribution in [3.63, 3.8) is 0 Å². The van der Waals surface area contributed by atoms with Crippen molar-refractivity contribution in [1.29, 1.82) is 0 Å². The number of imidazole rings is 1. The van der Waals surface area contributed by atoms with Crippen molar-refractivity contribution >= 4 is 0 Å². The minimum absolute atomic E-state index is 0.139. The van der Waals surface area contributed by atoms with Crippen molar-refractivity contribution in [2.24, 2.45) is 7.05 Å². The standard InChI is InChI=1S/C8H15N3O/c1-7(5-12)10-4-8-3-9-6-11(8)2/h3,6-7,10,12H,4-5H2,1-2H3. The summed E-state index contributed by atoms with van der Waals surface area (Å²) in [7, 11) is 1.95. The lowest BCUT2D eigenvalue weighted by atomic mass is 10.3. The van der Waals surface area contributed by atoms with Gasteiger partial charge in [0.25, 0.3) is 0 Å². The number of aliphatic hydroxyl groups excluding tert-OH is 1. The highest BCUT2D eigenvalue weighted by atomic mass is 16.3. The van der Waals surface area contributed by atoms with Gasteiger partial charge in [-0.05, 0) is 6.92 Å². The van der Waals surface area contributed by atoms with Gasteiger partial charge in [0.15, 0.2) is 0 Å². The second kappa shape index (κ2) is 4.23. The van der Waals surface area contributed by atoms with E-state index in [9.17, 15) is 0 Å². The molecule has 0 aliphatic carbocycles. The number of nitrogens with one attached hydrogen (secondary N) is 1. The molecule has 1 rings (SSSR count). The molecule has 12 heavy (non-hydrogen) atoms. The van der Waals surface area contributed by atoms with Crippen LogP contribution in [0.3, 0.4) is 0 Å². The normalized spacial score (nSPS) is 13.2. The minimum atomic E-state index is 0.139. The van der Waals surface area contributed by atoms with Gasteiger partial charge in [0.1, 0.15) is 0 Å². The molecule has 0 aliphatic heterocycles. The largest absolute Gasteiger partial charge is 0.395 e. The molecular formula is C8H15N3O. The molecule has 0 radical (unpaired) electrons. The minimum Gasteiger partial charge on any atom is -0.395 e. The predicted octanol–water partition coefficient (Wildman–Crippen LogP) is -0.110. The number of rotatable bonds is 4. The van der Waals surface area contributed by atoms with Crippen molar-refractivity contribution in [1.82, 2.24) is 14.9 Å². The Hall–Kier alpha value is -0.870. The third-order valence-corrected chi connectivity index (χ3v) is 1.82. The summed E-state index contributed by atoms with van der Waals surface area (Å²) in [5.74, 6) is 0. The van der Waals surface area contributed by atoms with E-state index in [1.54, 1.807) is 6.33 Å². The summed E-state index contributed by atoms with van der Waals surface area (Å²) < 4.78 is 1.96. The lowest BCUT2D eigenvalue weighted by Gasteiger charge is -2.10. The maximum atomic E-state index is 8.75. The molecule has 1 aromatic rings. The Morgan fingerprint density at radius 2 is 2.50 bits per heavy atom. The maximum absolute atomic E-state index is 8.75. The van der Waals surface area contributed by atoms with E-state index in [-0.39, 0.29) is 12.6 Å². The fraction of sp³-hybridized carbons (Fsp3) is 0.625. The van der Waals surface area contributed by atoms with E-state index in [1.807, 2.05) is 24.7 Å². The van der Waals surface area contributed by atoms with Gasteiger partial charge in [-0.25, -0.2) is 4.98 Å². The number of hydrogen-bond acceptors (Lipinski definition) is 3. The number of aryl methyl sites for hydroxylation is 1. The zero-order valence-corrected chi connectivity index (χ0v) is 7.49. The molecule has 68 valence electrons. The molecule has 0 fully saturated rings. The molecule has 1 unspecified atom stereocenters. The molecule has 0 aliphatic rings. The summed E-state index contributed by atoms with van der Waals surface area (Å²) in [5.41, 5.74) is 1.12. The van der Waals surface area contributed by atoms with Crippen LogP contribution in [-0.2, 0) is 13.6 Å². The highest BCUT2D eigenvalue weighted by Crippen LogP contribution is 1.95. The summed E-state index contributed by atoms with van der Waals surface area (Å²) >= 11 is 0. The maximum Gasteiger partial charge on any atom is 0.0945 e. The van der Waals surface area contributed by atoms with Crippen LogP contribution in [0, 0.1) is 0 Å². The first-order valence-corrected chi connectivity index (χ1v) is 4.03. The smallest absolute Gasteiger partial charge is 0.0945 e. The highest BCUT2D eigenvalue weighted by molar-refractivity contribution is 4.96. The van der Waals surface area contributed by atoms with E-state index >= 15 is 0 Å². The third kappa shape index (κ3) is 2.32. The predicted molar refractivity (Wildman–Crippen MR) is 46.6 cm³/mol. The van der Waals surface area contributed by atoms with Crippen LogP contribution in [0.2, 0.25) is 0 Å². The fourth-order valence-corrected chi connectivity index (χ4v) is 0.898. The van der Waals surface area contributed by atoms with E-state index in [2.05, 4.69) is 10.3 Å². The average molecular weight is 169 g/mol. The Balaban J connectivity index is 2.38. The van der Waals surface area contributed by atoms with Crippen LogP contribution < -0.4 is 5.32 Å². The van der Waals surface area contributed by atoms with Gasteiger partial charge in [-0.2, -0.15) is 0 Å². The van der Waals surface area contributed by atoms with Crippen molar-refractivity contribution in [3.05, 3.63) is 18.2 Å². The van der Waals surface area contributed by atoms with E-state index in [1.165, 1.54) is 0 Å². The van der Waals surface area contributed by atoms with Gasteiger partial charge in [-0.3, -0.25) is 0 Å². The first-order chi connectivity index (χ1) is 5.74. The molecule has 4 heteroatoms. The molecule has 0 spiro atoms. The molecule has 1 atom stereocenters. The first kappa shape index (κ1) is 9.22. The zero-order chi connectivity index (χ0) is 8.97. The molecule has 0 aromatic carbocycles. The number of aliphatic hydroxyl groups is 1. The average Bonchev–Trinajstić information content (AvgIpc) is 2.47. The SMILES string of the molecule is CC(CO)NCc1cncn1C. The molecule has 0 amide bonds. The van der Waals surface area contributed by atoms with Gasteiger partial charge < -0.3 is 15.0 Å². The molecule has 4 nitrogen and oxygen atoms in total. The van der Waals surface area contributed by atoms with Crippen LogP contribution in [-0.4, -0.2) is 27.3 Å². The summed E-state index contributed by atoms with van der Waals surface area (Å²) in [6.45, 7) is 2.85. The lowest BCUT2D eigenvalue weighted by molar-refractivity contribution is 0.250. The Labute approximate surface area is 72.2 Å². The molecule has 0 saturated carbocycles. The van der Waals surface area contributed by atoms with Crippen LogP contribution in [0.15, 0.2) is 12.5 Å². The van der Waals surface area contributed by atoms with E-state index in [0.29, 0.717) is 0 Å². The van der Waals surface area contributed by atoms with Crippen LogP contribution in [0.1, 0.15) is 12.6 Å². The molecular weight excluding hydrogens is 154 g/mol. The van der Waals surface area contributed by atoms with Gasteiger partial charge >= 0.3 is 0 Å². The van der Waals surface area contributed by atoms with Gasteiger partial charge in [-0.15, -0.1) is 0 Å². The van der Waals surface area contributed by atoms with Gasteiger partial charge in [0, 0.05) is 25.8 Å². The zero-order valence-electron chi connectivity index (χ0n) is 7.49. The molecule has 2 N–H and O–H groups in total. The highest BCUT2D eigenvalue weighted by Gasteiger charge is 2.00. The summed E-state index contributed by atoms with van der Waals surface area (Å²) in [4.78, 5) is 3.99. The third-order valence-electron chi connectivity index (χ3n) is 1.82. The van der Waals surface area contributed by atoms with E-state index in [4.69, 9.17) is 5.11 Å². The Morgan fingerprint density at radius 3 is 3.00 bits per heavy atom. The Morgan fingerprint density at radius 1 is 1.75 bits per heavy atom. The Kier molecular flexibility index (Phi) is 3.25. The Bertz CT molecular complexity index is 234. The molecule has 0 saturated heterocycles. The van der Waals surface area contributed by atoms with Crippen molar-refractivity contribution in [2.45, 2.75) is 19.5 Å². The van der Waals surface area contributed by atoms with E-state index in [0.717, 1.165) is 12.2 Å². The van der Waals surface area contributed by atoms with Gasteiger partial charge in [-0.1, -0.05) is 0 Å².